The minimum Gasteiger partial charge on any atom is -0.357 e. The lowest BCUT2D eigenvalue weighted by atomic mass is 9.96. The second-order valence-electron chi connectivity index (χ2n) is 6.57. The van der Waals surface area contributed by atoms with Gasteiger partial charge in [0.25, 0.3) is 5.91 Å². The molecule has 1 aromatic carbocycles. The maximum Gasteiger partial charge on any atom is 0.253 e. The number of hydrogen-bond acceptors (Lipinski definition) is 2. The number of nitrogens with one attached hydrogen (secondary N) is 2. The topological polar surface area (TPSA) is 56.7 Å². The van der Waals surface area contributed by atoms with Gasteiger partial charge in [-0.05, 0) is 37.5 Å². The quantitative estimate of drug-likeness (QED) is 0.404. The zero-order valence-corrected chi connectivity index (χ0v) is 17.9. The summed E-state index contributed by atoms with van der Waals surface area (Å²) >= 11 is 0. The van der Waals surface area contributed by atoms with Crippen molar-refractivity contribution in [2.45, 2.75) is 51.6 Å². The monoisotopic (exact) mass is 458 g/mol. The molecule has 0 aliphatic heterocycles. The van der Waals surface area contributed by atoms with Gasteiger partial charge in [-0.15, -0.1) is 24.0 Å². The first-order valence-electron chi connectivity index (χ1n) is 8.95. The predicted molar refractivity (Wildman–Crippen MR) is 115 cm³/mol. The van der Waals surface area contributed by atoms with Gasteiger partial charge in [-0.2, -0.15) is 0 Å². The maximum atomic E-state index is 11.9. The zero-order valence-electron chi connectivity index (χ0n) is 15.5. The summed E-state index contributed by atoms with van der Waals surface area (Å²) in [6.45, 7) is 3.55. The Morgan fingerprint density at radius 2 is 1.80 bits per heavy atom. The smallest absolute Gasteiger partial charge is 0.253 e. The summed E-state index contributed by atoms with van der Waals surface area (Å²) in [4.78, 5) is 18.2. The molecule has 1 aliphatic rings. The van der Waals surface area contributed by atoms with E-state index in [0.29, 0.717) is 18.2 Å². The number of guanidine groups is 1. The number of benzene rings is 1. The van der Waals surface area contributed by atoms with Gasteiger partial charge in [-0.3, -0.25) is 4.79 Å². The molecule has 0 bridgehead atoms. The molecule has 1 aliphatic carbocycles. The van der Waals surface area contributed by atoms with E-state index in [0.717, 1.165) is 18.1 Å². The minimum absolute atomic E-state index is 0. The fourth-order valence-corrected chi connectivity index (χ4v) is 2.94. The standard InChI is InChI=1S/C19H30N4O.HI/c1-4-20-19(22-17-8-6-5-7-9-17)21-14-15-10-12-16(13-11-15)18(24)23(2)3;/h10-13,17H,4-9,14H2,1-3H3,(H2,20,21,22);1H. The Balaban J connectivity index is 0.00000312. The fourth-order valence-electron chi connectivity index (χ4n) is 2.94. The Bertz CT molecular complexity index is 551. The number of hydrogen-bond donors (Lipinski definition) is 2. The van der Waals surface area contributed by atoms with Crippen molar-refractivity contribution >= 4 is 35.8 Å². The average Bonchev–Trinajstić information content (AvgIpc) is 2.60. The van der Waals surface area contributed by atoms with E-state index < -0.39 is 0 Å². The summed E-state index contributed by atoms with van der Waals surface area (Å²) in [7, 11) is 3.53. The van der Waals surface area contributed by atoms with Crippen molar-refractivity contribution in [2.75, 3.05) is 20.6 Å². The number of nitrogens with zero attached hydrogens (tertiary/aromatic N) is 2. The lowest BCUT2D eigenvalue weighted by Crippen LogP contribution is -2.44. The summed E-state index contributed by atoms with van der Waals surface area (Å²) in [5.41, 5.74) is 1.81. The number of carbonyl (C=O) groups excluding carboxylic acids is 1. The molecule has 25 heavy (non-hydrogen) atoms. The highest BCUT2D eigenvalue weighted by atomic mass is 127. The van der Waals surface area contributed by atoms with Gasteiger partial charge < -0.3 is 15.5 Å². The van der Waals surface area contributed by atoms with E-state index in [1.165, 1.54) is 32.1 Å². The number of carbonyl (C=O) groups is 1. The Kier molecular flexibility index (Phi) is 9.85. The van der Waals surface area contributed by atoms with Crippen LogP contribution in [0.3, 0.4) is 0 Å². The SMILES string of the molecule is CCNC(=NCc1ccc(C(=O)N(C)C)cc1)NC1CCCCC1.I. The molecule has 0 atom stereocenters. The molecule has 0 heterocycles. The van der Waals surface area contributed by atoms with E-state index in [1.54, 1.807) is 19.0 Å². The molecule has 0 unspecified atom stereocenters. The maximum absolute atomic E-state index is 11.9. The highest BCUT2D eigenvalue weighted by Crippen LogP contribution is 2.17. The summed E-state index contributed by atoms with van der Waals surface area (Å²) < 4.78 is 0. The van der Waals surface area contributed by atoms with Crippen LogP contribution in [0.2, 0.25) is 0 Å². The largest absolute Gasteiger partial charge is 0.357 e. The van der Waals surface area contributed by atoms with Gasteiger partial charge in [0.15, 0.2) is 5.96 Å². The van der Waals surface area contributed by atoms with Crippen molar-refractivity contribution in [1.82, 2.24) is 15.5 Å². The number of rotatable bonds is 5. The van der Waals surface area contributed by atoms with Crippen LogP contribution in [0.1, 0.15) is 54.9 Å². The molecule has 5 nitrogen and oxygen atoms in total. The van der Waals surface area contributed by atoms with Gasteiger partial charge in [0.2, 0.25) is 0 Å². The van der Waals surface area contributed by atoms with Crippen molar-refractivity contribution in [3.05, 3.63) is 35.4 Å². The van der Waals surface area contributed by atoms with Crippen LogP contribution in [-0.2, 0) is 6.54 Å². The fraction of sp³-hybridized carbons (Fsp3) is 0.579. The molecule has 0 spiro atoms. The van der Waals surface area contributed by atoms with E-state index in [2.05, 4.69) is 22.5 Å². The van der Waals surface area contributed by atoms with Crippen LogP contribution in [0.5, 0.6) is 0 Å². The van der Waals surface area contributed by atoms with E-state index in [9.17, 15) is 4.79 Å². The lowest BCUT2D eigenvalue weighted by molar-refractivity contribution is 0.0827. The zero-order chi connectivity index (χ0) is 17.4. The first-order chi connectivity index (χ1) is 11.6. The first-order valence-corrected chi connectivity index (χ1v) is 8.95. The molecule has 1 saturated carbocycles. The molecule has 0 aromatic heterocycles. The van der Waals surface area contributed by atoms with E-state index >= 15 is 0 Å². The summed E-state index contributed by atoms with van der Waals surface area (Å²) in [5.74, 6) is 0.912. The molecule has 0 radical (unpaired) electrons. The Morgan fingerprint density at radius 1 is 1.16 bits per heavy atom. The molecule has 1 aromatic rings. The third-order valence-corrected chi connectivity index (χ3v) is 4.32. The second-order valence-corrected chi connectivity index (χ2v) is 6.57. The highest BCUT2D eigenvalue weighted by molar-refractivity contribution is 14.0. The Hall–Kier alpha value is -1.31. The number of halogens is 1. The van der Waals surface area contributed by atoms with Crippen LogP contribution in [-0.4, -0.2) is 43.4 Å². The highest BCUT2D eigenvalue weighted by Gasteiger charge is 2.14. The molecule has 1 amide bonds. The molecule has 2 N–H and O–H groups in total. The molecule has 0 saturated heterocycles. The van der Waals surface area contributed by atoms with Gasteiger partial charge in [0.05, 0.1) is 6.54 Å². The molecule has 6 heteroatoms. The normalized spacial score (nSPS) is 15.2. The van der Waals surface area contributed by atoms with Crippen LogP contribution < -0.4 is 10.6 Å². The van der Waals surface area contributed by atoms with Crippen LogP contribution in [0.4, 0.5) is 0 Å². The molecular formula is C19H31IN4O. The van der Waals surface area contributed by atoms with Crippen molar-refractivity contribution in [2.24, 2.45) is 4.99 Å². The third kappa shape index (κ3) is 7.22. The third-order valence-electron chi connectivity index (χ3n) is 4.32. The Labute approximate surface area is 168 Å². The summed E-state index contributed by atoms with van der Waals surface area (Å²) in [6.07, 6.45) is 6.41. The van der Waals surface area contributed by atoms with Crippen molar-refractivity contribution in [3.8, 4) is 0 Å². The van der Waals surface area contributed by atoms with E-state index in [4.69, 9.17) is 0 Å². The van der Waals surface area contributed by atoms with Crippen LogP contribution in [0, 0.1) is 0 Å². The van der Waals surface area contributed by atoms with Gasteiger partial charge in [-0.1, -0.05) is 31.4 Å². The molecule has 1 fully saturated rings. The first kappa shape index (κ1) is 21.7. The van der Waals surface area contributed by atoms with Crippen LogP contribution >= 0.6 is 24.0 Å². The molecule has 2 rings (SSSR count). The van der Waals surface area contributed by atoms with Crippen LogP contribution in [0.25, 0.3) is 0 Å². The van der Waals surface area contributed by atoms with Gasteiger partial charge in [0.1, 0.15) is 0 Å². The minimum atomic E-state index is 0. The lowest BCUT2D eigenvalue weighted by Gasteiger charge is -2.24. The van der Waals surface area contributed by atoms with Crippen molar-refractivity contribution in [3.63, 3.8) is 0 Å². The Morgan fingerprint density at radius 3 is 2.36 bits per heavy atom. The molecule has 140 valence electrons. The van der Waals surface area contributed by atoms with E-state index in [-0.39, 0.29) is 29.9 Å². The summed E-state index contributed by atoms with van der Waals surface area (Å²) in [5, 5.41) is 6.87. The van der Waals surface area contributed by atoms with Gasteiger partial charge in [-0.25, -0.2) is 4.99 Å². The summed E-state index contributed by atoms with van der Waals surface area (Å²) in [6, 6.07) is 8.23. The van der Waals surface area contributed by atoms with E-state index in [1.807, 2.05) is 24.3 Å². The number of aliphatic imine (C=N–C) groups is 1. The number of amides is 1. The van der Waals surface area contributed by atoms with Crippen LogP contribution in [0.15, 0.2) is 29.3 Å². The molecular weight excluding hydrogens is 427 g/mol. The average molecular weight is 458 g/mol. The van der Waals surface area contributed by atoms with Crippen molar-refractivity contribution < 1.29 is 4.79 Å². The second kappa shape index (κ2) is 11.3. The van der Waals surface area contributed by atoms with Gasteiger partial charge in [0, 0.05) is 32.2 Å². The van der Waals surface area contributed by atoms with Crippen molar-refractivity contribution in [1.29, 1.82) is 0 Å². The predicted octanol–water partition coefficient (Wildman–Crippen LogP) is 3.39. The van der Waals surface area contributed by atoms with Gasteiger partial charge >= 0.3 is 0 Å².